The van der Waals surface area contributed by atoms with Crippen LogP contribution < -0.4 is 0 Å². The fraction of sp³-hybridized carbons (Fsp3) is 0.208. The molecule has 0 bridgehead atoms. The predicted molar refractivity (Wildman–Crippen MR) is 106 cm³/mol. The van der Waals surface area contributed by atoms with Crippen LogP contribution >= 0.6 is 0 Å². The van der Waals surface area contributed by atoms with Crippen molar-refractivity contribution in [2.45, 2.75) is 25.4 Å². The van der Waals surface area contributed by atoms with Gasteiger partial charge in [-0.05, 0) is 30.5 Å². The van der Waals surface area contributed by atoms with Crippen LogP contribution in [0.2, 0.25) is 0 Å². The van der Waals surface area contributed by atoms with E-state index >= 15 is 0 Å². The Morgan fingerprint density at radius 1 is 1.15 bits per heavy atom. The zero-order valence-electron chi connectivity index (χ0n) is 14.7. The van der Waals surface area contributed by atoms with E-state index in [-0.39, 0.29) is 12.1 Å². The largest absolute Gasteiger partial charge is 0.454 e. The van der Waals surface area contributed by atoms with Crippen LogP contribution in [0.25, 0.3) is 6.08 Å². The molecule has 0 spiro atoms. The minimum Gasteiger partial charge on any atom is -0.454 e. The van der Waals surface area contributed by atoms with E-state index in [0.29, 0.717) is 17.9 Å². The van der Waals surface area contributed by atoms with Crippen molar-refractivity contribution in [2.24, 2.45) is 5.92 Å². The van der Waals surface area contributed by atoms with Crippen LogP contribution in [0, 0.1) is 17.8 Å². The molecule has 2 aromatic rings. The van der Waals surface area contributed by atoms with Gasteiger partial charge in [0.1, 0.15) is 6.10 Å². The van der Waals surface area contributed by atoms with Crippen molar-refractivity contribution < 1.29 is 9.53 Å². The van der Waals surface area contributed by atoms with E-state index in [4.69, 9.17) is 4.74 Å². The number of rotatable bonds is 6. The van der Waals surface area contributed by atoms with Gasteiger partial charge in [0.05, 0.1) is 5.56 Å². The van der Waals surface area contributed by atoms with Crippen molar-refractivity contribution in [1.82, 2.24) is 0 Å². The van der Waals surface area contributed by atoms with Crippen LogP contribution in [0.5, 0.6) is 0 Å². The van der Waals surface area contributed by atoms with Gasteiger partial charge in [-0.25, -0.2) is 4.79 Å². The van der Waals surface area contributed by atoms with Crippen molar-refractivity contribution >= 4 is 12.0 Å². The summed E-state index contributed by atoms with van der Waals surface area (Å²) < 4.78 is 5.61. The molecule has 2 heteroatoms. The topological polar surface area (TPSA) is 26.3 Å². The first-order valence-electron chi connectivity index (χ1n) is 8.92. The van der Waals surface area contributed by atoms with Gasteiger partial charge in [0.15, 0.2) is 0 Å². The van der Waals surface area contributed by atoms with Gasteiger partial charge in [0.25, 0.3) is 0 Å². The Balaban J connectivity index is 1.63. The maximum absolute atomic E-state index is 12.6. The van der Waals surface area contributed by atoms with E-state index in [2.05, 4.69) is 18.4 Å². The van der Waals surface area contributed by atoms with Crippen molar-refractivity contribution in [3.63, 3.8) is 0 Å². The maximum atomic E-state index is 12.6. The highest BCUT2D eigenvalue weighted by molar-refractivity contribution is 5.92. The van der Waals surface area contributed by atoms with Crippen molar-refractivity contribution in [2.75, 3.05) is 0 Å². The average molecular weight is 342 g/mol. The van der Waals surface area contributed by atoms with Crippen molar-refractivity contribution in [1.29, 1.82) is 0 Å². The third-order valence-electron chi connectivity index (χ3n) is 4.13. The summed E-state index contributed by atoms with van der Waals surface area (Å²) in [6.45, 7) is 3.78. The number of esters is 1. The summed E-state index contributed by atoms with van der Waals surface area (Å²) in [6, 6.07) is 17.4. The first-order chi connectivity index (χ1) is 12.8. The van der Waals surface area contributed by atoms with E-state index in [9.17, 15) is 4.79 Å². The molecule has 1 atom stereocenters. The number of carbonyl (C=O) groups is 1. The molecule has 1 aliphatic carbocycles. The molecular weight excluding hydrogens is 320 g/mol. The molecule has 2 aromatic carbocycles. The third kappa shape index (κ3) is 5.22. The second-order valence-corrected chi connectivity index (χ2v) is 6.32. The van der Waals surface area contributed by atoms with Gasteiger partial charge >= 0.3 is 5.97 Å². The molecule has 2 nitrogen and oxygen atoms in total. The number of hydrogen-bond donors (Lipinski definition) is 0. The van der Waals surface area contributed by atoms with Crippen molar-refractivity contribution in [3.8, 4) is 11.8 Å². The average Bonchev–Trinajstić information content (AvgIpc) is 3.51. The number of ether oxygens (including phenoxy) is 1. The Labute approximate surface area is 155 Å². The summed E-state index contributed by atoms with van der Waals surface area (Å²) in [7, 11) is 0. The van der Waals surface area contributed by atoms with E-state index in [1.54, 1.807) is 12.1 Å². The van der Waals surface area contributed by atoms with E-state index in [0.717, 1.165) is 24.0 Å². The molecule has 1 fully saturated rings. The molecular formula is C24H22O2. The molecule has 0 heterocycles. The van der Waals surface area contributed by atoms with Crippen LogP contribution in [-0.4, -0.2) is 12.1 Å². The summed E-state index contributed by atoms with van der Waals surface area (Å²) in [5.41, 5.74) is 2.36. The standard InChI is InChI=1S/C24H22O2/c1-2-22(13-8-11-19-9-4-3-5-10-19)26-24(25)23-14-7-6-12-21(23)18-17-20-15-16-20/h2-12,14,20,22H,1,13,15-16H2/b11-8+. The summed E-state index contributed by atoms with van der Waals surface area (Å²) in [4.78, 5) is 12.6. The smallest absolute Gasteiger partial charge is 0.340 e. The number of benzene rings is 2. The fourth-order valence-corrected chi connectivity index (χ4v) is 2.47. The van der Waals surface area contributed by atoms with Gasteiger partial charge in [-0.2, -0.15) is 0 Å². The van der Waals surface area contributed by atoms with Crippen molar-refractivity contribution in [3.05, 3.63) is 90.0 Å². The Kier molecular flexibility index (Phi) is 6.06. The Morgan fingerprint density at radius 3 is 2.62 bits per heavy atom. The molecule has 0 radical (unpaired) electrons. The highest BCUT2D eigenvalue weighted by atomic mass is 16.5. The Bertz CT molecular complexity index is 849. The highest BCUT2D eigenvalue weighted by Gasteiger charge is 2.19. The lowest BCUT2D eigenvalue weighted by Crippen LogP contribution is -2.16. The summed E-state index contributed by atoms with van der Waals surface area (Å²) in [6.07, 6.45) is 8.20. The molecule has 0 saturated heterocycles. The molecule has 1 aliphatic rings. The van der Waals surface area contributed by atoms with Gasteiger partial charge in [-0.1, -0.05) is 79.1 Å². The van der Waals surface area contributed by atoms with E-state index in [1.165, 1.54) is 0 Å². The van der Waals surface area contributed by atoms with Crippen LogP contribution in [0.15, 0.2) is 73.3 Å². The van der Waals surface area contributed by atoms with Crippen LogP contribution in [-0.2, 0) is 4.74 Å². The van der Waals surface area contributed by atoms with E-state index < -0.39 is 0 Å². The van der Waals surface area contributed by atoms with Gasteiger partial charge in [-0.15, -0.1) is 0 Å². The van der Waals surface area contributed by atoms with Gasteiger partial charge < -0.3 is 4.74 Å². The number of hydrogen-bond acceptors (Lipinski definition) is 2. The Hall–Kier alpha value is -3.05. The molecule has 3 rings (SSSR count). The zero-order chi connectivity index (χ0) is 18.2. The quantitative estimate of drug-likeness (QED) is 0.406. The summed E-state index contributed by atoms with van der Waals surface area (Å²) in [5, 5.41) is 0. The second kappa shape index (κ2) is 8.87. The number of carbonyl (C=O) groups excluding carboxylic acids is 1. The molecule has 130 valence electrons. The van der Waals surface area contributed by atoms with Gasteiger partial charge in [0, 0.05) is 17.9 Å². The maximum Gasteiger partial charge on any atom is 0.340 e. The second-order valence-electron chi connectivity index (χ2n) is 6.32. The molecule has 1 unspecified atom stereocenters. The van der Waals surface area contributed by atoms with Crippen LogP contribution in [0.3, 0.4) is 0 Å². The molecule has 0 aliphatic heterocycles. The normalized spacial score (nSPS) is 14.3. The summed E-state index contributed by atoms with van der Waals surface area (Å²) >= 11 is 0. The molecule has 0 amide bonds. The highest BCUT2D eigenvalue weighted by Crippen LogP contribution is 2.27. The lowest BCUT2D eigenvalue weighted by atomic mass is 10.1. The monoisotopic (exact) mass is 342 g/mol. The first-order valence-corrected chi connectivity index (χ1v) is 8.92. The van der Waals surface area contributed by atoms with Gasteiger partial charge in [0.2, 0.25) is 0 Å². The SMILES string of the molecule is C=CC(C/C=C/c1ccccc1)OC(=O)c1ccccc1C#CC1CC1. The third-order valence-corrected chi connectivity index (χ3v) is 4.13. The minimum atomic E-state index is -0.369. The zero-order valence-corrected chi connectivity index (χ0v) is 14.7. The lowest BCUT2D eigenvalue weighted by Gasteiger charge is -2.13. The Morgan fingerprint density at radius 2 is 1.88 bits per heavy atom. The molecule has 1 saturated carbocycles. The first kappa shape index (κ1) is 17.8. The van der Waals surface area contributed by atoms with Crippen LogP contribution in [0.4, 0.5) is 0 Å². The summed E-state index contributed by atoms with van der Waals surface area (Å²) in [5.74, 6) is 6.45. The molecule has 0 N–H and O–H groups in total. The molecule has 0 aromatic heterocycles. The van der Waals surface area contributed by atoms with Gasteiger partial charge in [-0.3, -0.25) is 0 Å². The lowest BCUT2D eigenvalue weighted by molar-refractivity contribution is 0.0400. The minimum absolute atomic E-state index is 0.358. The van der Waals surface area contributed by atoms with E-state index in [1.807, 2.05) is 60.7 Å². The predicted octanol–water partition coefficient (Wildman–Crippen LogP) is 5.26. The molecule has 26 heavy (non-hydrogen) atoms. The van der Waals surface area contributed by atoms with Crippen LogP contribution in [0.1, 0.15) is 40.7 Å². The fourth-order valence-electron chi connectivity index (χ4n) is 2.47.